The third-order valence-corrected chi connectivity index (χ3v) is 3.59. The van der Waals surface area contributed by atoms with Crippen LogP contribution in [-0.4, -0.2) is 41.9 Å². The molecular formula is C13H25BrN4. The minimum Gasteiger partial charge on any atom is -0.309 e. The van der Waals surface area contributed by atoms with Gasteiger partial charge in [-0.1, -0.05) is 20.8 Å². The molecule has 1 rings (SSSR count). The largest absolute Gasteiger partial charge is 0.309 e. The number of halogens is 1. The molecule has 1 N–H and O–H groups in total. The molecule has 0 bridgehead atoms. The molecule has 1 aromatic heterocycles. The third-order valence-electron chi connectivity index (χ3n) is 2.98. The lowest BCUT2D eigenvalue weighted by Crippen LogP contribution is -2.29. The Labute approximate surface area is 119 Å². The minimum absolute atomic E-state index is 0.342. The summed E-state index contributed by atoms with van der Waals surface area (Å²) in [5, 5.41) is 8.03. The molecule has 0 fully saturated rings. The van der Waals surface area contributed by atoms with E-state index < -0.39 is 0 Å². The van der Waals surface area contributed by atoms with E-state index in [4.69, 9.17) is 0 Å². The summed E-state index contributed by atoms with van der Waals surface area (Å²) in [6.07, 6.45) is 1.90. The molecule has 1 atom stereocenters. The van der Waals surface area contributed by atoms with E-state index in [1.165, 1.54) is 5.69 Å². The summed E-state index contributed by atoms with van der Waals surface area (Å²) < 4.78 is 3.21. The van der Waals surface area contributed by atoms with Crippen molar-refractivity contribution in [2.45, 2.75) is 33.4 Å². The van der Waals surface area contributed by atoms with Crippen molar-refractivity contribution in [1.29, 1.82) is 0 Å². The van der Waals surface area contributed by atoms with Crippen LogP contribution in [0.1, 0.15) is 32.5 Å². The Bertz CT molecular complexity index is 360. The van der Waals surface area contributed by atoms with Gasteiger partial charge in [0.15, 0.2) is 0 Å². The Kier molecular flexibility index (Phi) is 6.32. The maximum atomic E-state index is 4.48. The lowest BCUT2D eigenvalue weighted by Gasteiger charge is -2.24. The van der Waals surface area contributed by atoms with E-state index in [9.17, 15) is 0 Å². The zero-order chi connectivity index (χ0) is 13.7. The second kappa shape index (κ2) is 7.26. The highest BCUT2D eigenvalue weighted by Crippen LogP contribution is 2.28. The maximum absolute atomic E-state index is 4.48. The first-order chi connectivity index (χ1) is 8.47. The SMILES string of the molecule is CCNC(c1c(Br)cnn1CCN(C)C)C(C)C. The summed E-state index contributed by atoms with van der Waals surface area (Å²) in [6, 6.07) is 0.342. The monoisotopic (exact) mass is 316 g/mol. The second-order valence-corrected chi connectivity index (χ2v) is 6.04. The van der Waals surface area contributed by atoms with E-state index in [0.29, 0.717) is 12.0 Å². The summed E-state index contributed by atoms with van der Waals surface area (Å²) >= 11 is 3.63. The molecule has 0 saturated heterocycles. The maximum Gasteiger partial charge on any atom is 0.0698 e. The van der Waals surface area contributed by atoms with Crippen molar-refractivity contribution in [3.63, 3.8) is 0 Å². The molecule has 0 saturated carbocycles. The van der Waals surface area contributed by atoms with Gasteiger partial charge in [0.2, 0.25) is 0 Å². The van der Waals surface area contributed by atoms with E-state index in [0.717, 1.165) is 24.1 Å². The fourth-order valence-electron chi connectivity index (χ4n) is 2.02. The van der Waals surface area contributed by atoms with Crippen LogP contribution in [0.15, 0.2) is 10.7 Å². The van der Waals surface area contributed by atoms with Crippen molar-refractivity contribution in [3.05, 3.63) is 16.4 Å². The fourth-order valence-corrected chi connectivity index (χ4v) is 2.56. The number of nitrogens with one attached hydrogen (secondary N) is 1. The van der Waals surface area contributed by atoms with E-state index in [2.05, 4.69) is 70.8 Å². The molecule has 0 aliphatic heterocycles. The van der Waals surface area contributed by atoms with Crippen LogP contribution in [-0.2, 0) is 6.54 Å². The summed E-state index contributed by atoms with van der Waals surface area (Å²) in [4.78, 5) is 2.18. The number of nitrogens with zero attached hydrogens (tertiary/aromatic N) is 3. The van der Waals surface area contributed by atoms with Crippen LogP contribution in [0.2, 0.25) is 0 Å². The molecule has 18 heavy (non-hydrogen) atoms. The molecule has 0 aromatic carbocycles. The van der Waals surface area contributed by atoms with Crippen molar-refractivity contribution in [2.24, 2.45) is 5.92 Å². The van der Waals surface area contributed by atoms with Crippen LogP contribution in [0.4, 0.5) is 0 Å². The number of hydrogen-bond donors (Lipinski definition) is 1. The first-order valence-corrected chi connectivity index (χ1v) is 7.36. The minimum atomic E-state index is 0.342. The molecular weight excluding hydrogens is 292 g/mol. The van der Waals surface area contributed by atoms with Crippen molar-refractivity contribution < 1.29 is 0 Å². The molecule has 0 radical (unpaired) electrons. The molecule has 0 amide bonds. The van der Waals surface area contributed by atoms with Crippen LogP contribution in [0, 0.1) is 5.92 Å². The fraction of sp³-hybridized carbons (Fsp3) is 0.769. The van der Waals surface area contributed by atoms with Crippen LogP contribution < -0.4 is 5.32 Å². The first-order valence-electron chi connectivity index (χ1n) is 6.56. The highest BCUT2D eigenvalue weighted by molar-refractivity contribution is 9.10. The highest BCUT2D eigenvalue weighted by atomic mass is 79.9. The summed E-state index contributed by atoms with van der Waals surface area (Å²) in [6.45, 7) is 9.50. The van der Waals surface area contributed by atoms with E-state index >= 15 is 0 Å². The number of rotatable bonds is 7. The van der Waals surface area contributed by atoms with Crippen LogP contribution in [0.3, 0.4) is 0 Å². The third kappa shape index (κ3) is 4.07. The Hall–Kier alpha value is -0.390. The van der Waals surface area contributed by atoms with Crippen LogP contribution in [0.5, 0.6) is 0 Å². The molecule has 0 spiro atoms. The Morgan fingerprint density at radius 1 is 1.44 bits per heavy atom. The van der Waals surface area contributed by atoms with E-state index in [1.807, 2.05) is 6.20 Å². The standard InChI is InChI=1S/C13H25BrN4/c1-6-15-12(10(2)3)13-11(14)9-16-18(13)8-7-17(4)5/h9-10,12,15H,6-8H2,1-5H3. The molecule has 104 valence electrons. The lowest BCUT2D eigenvalue weighted by molar-refractivity contribution is 0.346. The van der Waals surface area contributed by atoms with Gasteiger partial charge in [-0.25, -0.2) is 0 Å². The zero-order valence-electron chi connectivity index (χ0n) is 12.1. The van der Waals surface area contributed by atoms with Gasteiger partial charge < -0.3 is 10.2 Å². The number of likely N-dealkylation sites (N-methyl/N-ethyl adjacent to an activating group) is 1. The summed E-state index contributed by atoms with van der Waals surface area (Å²) in [5.74, 6) is 0.538. The molecule has 1 heterocycles. The van der Waals surface area contributed by atoms with Gasteiger partial charge in [-0.05, 0) is 42.5 Å². The molecule has 0 aliphatic rings. The Morgan fingerprint density at radius 3 is 2.61 bits per heavy atom. The molecule has 4 nitrogen and oxygen atoms in total. The molecule has 0 aliphatic carbocycles. The smallest absolute Gasteiger partial charge is 0.0698 e. The zero-order valence-corrected chi connectivity index (χ0v) is 13.7. The van der Waals surface area contributed by atoms with E-state index in [-0.39, 0.29) is 0 Å². The average Bonchev–Trinajstić information content (AvgIpc) is 2.64. The van der Waals surface area contributed by atoms with Crippen molar-refractivity contribution >= 4 is 15.9 Å². The molecule has 1 unspecified atom stereocenters. The second-order valence-electron chi connectivity index (χ2n) is 5.18. The van der Waals surface area contributed by atoms with Crippen molar-refractivity contribution in [2.75, 3.05) is 27.2 Å². The van der Waals surface area contributed by atoms with Crippen LogP contribution in [0.25, 0.3) is 0 Å². The van der Waals surface area contributed by atoms with Crippen molar-refractivity contribution in [1.82, 2.24) is 20.0 Å². The first kappa shape index (κ1) is 15.7. The van der Waals surface area contributed by atoms with Gasteiger partial charge in [0.1, 0.15) is 0 Å². The van der Waals surface area contributed by atoms with Crippen molar-refractivity contribution in [3.8, 4) is 0 Å². The van der Waals surface area contributed by atoms with Gasteiger partial charge in [0, 0.05) is 6.54 Å². The molecule has 5 heteroatoms. The lowest BCUT2D eigenvalue weighted by atomic mass is 10.0. The highest BCUT2D eigenvalue weighted by Gasteiger charge is 2.22. The topological polar surface area (TPSA) is 33.1 Å². The van der Waals surface area contributed by atoms with Crippen LogP contribution >= 0.6 is 15.9 Å². The van der Waals surface area contributed by atoms with Gasteiger partial charge in [-0.2, -0.15) is 5.10 Å². The predicted molar refractivity (Wildman–Crippen MR) is 79.7 cm³/mol. The van der Waals surface area contributed by atoms with Gasteiger partial charge in [-0.3, -0.25) is 4.68 Å². The van der Waals surface area contributed by atoms with Gasteiger partial charge in [-0.15, -0.1) is 0 Å². The predicted octanol–water partition coefficient (Wildman–Crippen LogP) is 2.51. The molecule has 1 aromatic rings. The van der Waals surface area contributed by atoms with Gasteiger partial charge in [0.25, 0.3) is 0 Å². The Morgan fingerprint density at radius 2 is 2.11 bits per heavy atom. The number of hydrogen-bond acceptors (Lipinski definition) is 3. The average molecular weight is 317 g/mol. The summed E-state index contributed by atoms with van der Waals surface area (Å²) in [5.41, 5.74) is 1.26. The Balaban J connectivity index is 2.93. The quantitative estimate of drug-likeness (QED) is 0.839. The summed E-state index contributed by atoms with van der Waals surface area (Å²) in [7, 11) is 4.17. The number of aromatic nitrogens is 2. The van der Waals surface area contributed by atoms with Gasteiger partial charge in [0.05, 0.1) is 29.0 Å². The van der Waals surface area contributed by atoms with E-state index in [1.54, 1.807) is 0 Å². The van der Waals surface area contributed by atoms with Gasteiger partial charge >= 0.3 is 0 Å². The normalized spacial score (nSPS) is 13.6.